The van der Waals surface area contributed by atoms with Gasteiger partial charge in [0.1, 0.15) is 23.3 Å². The molecule has 1 N–H and O–H groups in total. The van der Waals surface area contributed by atoms with Crippen LogP contribution in [0.4, 0.5) is 13.6 Å². The summed E-state index contributed by atoms with van der Waals surface area (Å²) in [7, 11) is 0. The van der Waals surface area contributed by atoms with Gasteiger partial charge in [-0.1, -0.05) is 51.1 Å². The minimum atomic E-state index is -0.849. The maximum atomic E-state index is 14.1. The minimum Gasteiger partial charge on any atom is -0.444 e. The van der Waals surface area contributed by atoms with Crippen LogP contribution < -0.4 is 5.32 Å². The summed E-state index contributed by atoms with van der Waals surface area (Å²) in [4.78, 5) is 27.6. The number of rotatable bonds is 11. The Morgan fingerprint density at radius 1 is 1.02 bits per heavy atom. The first-order valence-corrected chi connectivity index (χ1v) is 14.7. The van der Waals surface area contributed by atoms with E-state index in [-0.39, 0.29) is 37.5 Å². The Balaban J connectivity index is 1.97. The summed E-state index contributed by atoms with van der Waals surface area (Å²) in [5, 5.41) is 2.90. The second-order valence-corrected chi connectivity index (χ2v) is 13.2. The molecule has 238 valence electrons. The third-order valence-electron chi connectivity index (χ3n) is 6.81. The first kappa shape index (κ1) is 34.4. The van der Waals surface area contributed by atoms with E-state index in [1.54, 1.807) is 20.8 Å². The van der Waals surface area contributed by atoms with Crippen molar-refractivity contribution in [1.82, 2.24) is 10.2 Å². The molecule has 8 nitrogen and oxygen atoms in total. The van der Waals surface area contributed by atoms with Gasteiger partial charge in [0.15, 0.2) is 6.29 Å². The van der Waals surface area contributed by atoms with Gasteiger partial charge in [-0.15, -0.1) is 0 Å². The van der Waals surface area contributed by atoms with Crippen LogP contribution in [0.15, 0.2) is 48.5 Å². The van der Waals surface area contributed by atoms with Gasteiger partial charge in [-0.3, -0.25) is 9.69 Å². The Morgan fingerprint density at radius 3 is 2.26 bits per heavy atom. The Kier molecular flexibility index (Phi) is 12.1. The van der Waals surface area contributed by atoms with Crippen LogP contribution in [0, 0.1) is 17.0 Å². The van der Waals surface area contributed by atoms with Gasteiger partial charge in [-0.25, -0.2) is 13.6 Å². The molecule has 0 aromatic heterocycles. The number of carbonyl (C=O) groups excluding carboxylic acids is 2. The fraction of sp³-hybridized carbons (Fsp3) is 0.576. The third kappa shape index (κ3) is 11.8. The molecule has 1 aliphatic rings. The fourth-order valence-electron chi connectivity index (χ4n) is 4.80. The molecule has 0 saturated carbocycles. The third-order valence-corrected chi connectivity index (χ3v) is 6.81. The Morgan fingerprint density at radius 2 is 1.67 bits per heavy atom. The molecule has 0 bridgehead atoms. The van der Waals surface area contributed by atoms with Crippen LogP contribution in [0.2, 0.25) is 0 Å². The average Bonchev–Trinajstić information content (AvgIpc) is 2.87. The number of nitrogens with zero attached hydrogens (tertiary/aromatic N) is 1. The van der Waals surface area contributed by atoms with Gasteiger partial charge in [0.25, 0.3) is 0 Å². The highest BCUT2D eigenvalue weighted by atomic mass is 19.1. The van der Waals surface area contributed by atoms with E-state index in [1.807, 2.05) is 30.3 Å². The molecule has 0 aliphatic carbocycles. The van der Waals surface area contributed by atoms with E-state index < -0.39 is 47.8 Å². The van der Waals surface area contributed by atoms with Gasteiger partial charge in [0.2, 0.25) is 5.91 Å². The smallest absolute Gasteiger partial charge is 0.410 e. The zero-order chi connectivity index (χ0) is 31.8. The monoisotopic (exact) mass is 604 g/mol. The summed E-state index contributed by atoms with van der Waals surface area (Å²) in [6.45, 7) is 13.7. The van der Waals surface area contributed by atoms with Crippen molar-refractivity contribution in [2.24, 2.45) is 5.41 Å². The van der Waals surface area contributed by atoms with Gasteiger partial charge in [-0.2, -0.15) is 0 Å². The Labute approximate surface area is 254 Å². The Bertz CT molecular complexity index is 1180. The molecule has 2 aromatic rings. The van der Waals surface area contributed by atoms with Gasteiger partial charge >= 0.3 is 6.09 Å². The minimum absolute atomic E-state index is 0.0203. The van der Waals surface area contributed by atoms with Crippen molar-refractivity contribution in [3.05, 3.63) is 71.3 Å². The number of hydrogen-bond acceptors (Lipinski definition) is 6. The molecule has 0 spiro atoms. The maximum absolute atomic E-state index is 14.1. The summed E-state index contributed by atoms with van der Waals surface area (Å²) in [5.74, 6) is -1.82. The SMILES string of the molecule is CC(=O)NC(Cc1cc(F)cc(F)c1)C(OCc1ccccc1)C1COC(OCCC(C)(C)C)CN1C(=O)OC(C)(C)C. The Hall–Kier alpha value is -3.08. The summed E-state index contributed by atoms with van der Waals surface area (Å²) in [6, 6.07) is 11.2. The highest BCUT2D eigenvalue weighted by Gasteiger charge is 2.43. The molecule has 43 heavy (non-hydrogen) atoms. The molecule has 2 amide bonds. The second-order valence-electron chi connectivity index (χ2n) is 13.2. The van der Waals surface area contributed by atoms with E-state index in [4.69, 9.17) is 18.9 Å². The summed E-state index contributed by atoms with van der Waals surface area (Å²) >= 11 is 0. The van der Waals surface area contributed by atoms with Crippen molar-refractivity contribution in [2.45, 2.75) is 98.0 Å². The first-order valence-electron chi connectivity index (χ1n) is 14.7. The average molecular weight is 605 g/mol. The van der Waals surface area contributed by atoms with E-state index in [9.17, 15) is 18.4 Å². The van der Waals surface area contributed by atoms with Crippen molar-refractivity contribution in [2.75, 3.05) is 19.8 Å². The van der Waals surface area contributed by atoms with Crippen molar-refractivity contribution in [3.63, 3.8) is 0 Å². The number of hydrogen-bond donors (Lipinski definition) is 1. The quantitative estimate of drug-likeness (QED) is 0.338. The van der Waals surface area contributed by atoms with Crippen molar-refractivity contribution in [3.8, 4) is 0 Å². The molecular weight excluding hydrogens is 558 g/mol. The van der Waals surface area contributed by atoms with Crippen molar-refractivity contribution >= 4 is 12.0 Å². The number of nitrogens with one attached hydrogen (secondary N) is 1. The molecule has 1 aliphatic heterocycles. The van der Waals surface area contributed by atoms with Crippen molar-refractivity contribution < 1.29 is 37.3 Å². The standard InChI is InChI=1S/C33H46F2N2O6/c1-22(38)36-27(17-24-15-25(34)18-26(35)16-24)30(42-20-23-11-9-8-10-12-23)28-21-41-29(40-14-13-32(2,3)4)19-37(28)31(39)43-33(5,6)7/h8-12,15-16,18,27-30H,13-14,17,19-21H2,1-7H3,(H,36,38). The molecule has 4 atom stereocenters. The number of halogens is 2. The fourth-order valence-corrected chi connectivity index (χ4v) is 4.80. The first-order chi connectivity index (χ1) is 20.1. The predicted molar refractivity (Wildman–Crippen MR) is 159 cm³/mol. The van der Waals surface area contributed by atoms with Gasteiger partial charge in [-0.05, 0) is 62.3 Å². The molecule has 3 rings (SSSR count). The normalized spacial score (nSPS) is 19.0. The highest BCUT2D eigenvalue weighted by Crippen LogP contribution is 2.26. The summed E-state index contributed by atoms with van der Waals surface area (Å²) in [5.41, 5.74) is 0.475. The summed E-state index contributed by atoms with van der Waals surface area (Å²) < 4.78 is 52.6. The lowest BCUT2D eigenvalue weighted by Gasteiger charge is -2.45. The molecule has 1 saturated heterocycles. The molecular formula is C33H46F2N2O6. The van der Waals surface area contributed by atoms with E-state index >= 15 is 0 Å². The molecule has 1 fully saturated rings. The van der Waals surface area contributed by atoms with Crippen LogP contribution in [-0.2, 0) is 36.8 Å². The zero-order valence-corrected chi connectivity index (χ0v) is 26.3. The van der Waals surface area contributed by atoms with Gasteiger partial charge in [0, 0.05) is 13.0 Å². The van der Waals surface area contributed by atoms with Crippen LogP contribution in [0.5, 0.6) is 0 Å². The molecule has 0 radical (unpaired) electrons. The number of amides is 2. The van der Waals surface area contributed by atoms with Gasteiger partial charge < -0.3 is 24.3 Å². The lowest BCUT2D eigenvalue weighted by atomic mass is 9.93. The predicted octanol–water partition coefficient (Wildman–Crippen LogP) is 6.01. The molecule has 10 heteroatoms. The van der Waals surface area contributed by atoms with Crippen LogP contribution >= 0.6 is 0 Å². The van der Waals surface area contributed by atoms with Crippen LogP contribution in [-0.4, -0.2) is 66.7 Å². The molecule has 2 aromatic carbocycles. The maximum Gasteiger partial charge on any atom is 0.410 e. The number of benzene rings is 2. The van der Waals surface area contributed by atoms with Crippen molar-refractivity contribution in [1.29, 1.82) is 0 Å². The second kappa shape index (κ2) is 15.1. The lowest BCUT2D eigenvalue weighted by molar-refractivity contribution is -0.209. The van der Waals surface area contributed by atoms with E-state index in [2.05, 4.69) is 26.1 Å². The van der Waals surface area contributed by atoms with Crippen LogP contribution in [0.1, 0.15) is 66.0 Å². The highest BCUT2D eigenvalue weighted by molar-refractivity contribution is 5.73. The largest absolute Gasteiger partial charge is 0.444 e. The van der Waals surface area contributed by atoms with Crippen LogP contribution in [0.25, 0.3) is 0 Å². The lowest BCUT2D eigenvalue weighted by Crippen LogP contribution is -2.63. The molecule has 4 unspecified atom stereocenters. The topological polar surface area (TPSA) is 86.3 Å². The summed E-state index contributed by atoms with van der Waals surface area (Å²) in [6.07, 6.45) is -1.30. The van der Waals surface area contributed by atoms with Crippen LogP contribution in [0.3, 0.4) is 0 Å². The number of carbonyl (C=O) groups is 2. The van der Waals surface area contributed by atoms with E-state index in [0.717, 1.165) is 18.1 Å². The van der Waals surface area contributed by atoms with E-state index in [0.29, 0.717) is 12.2 Å². The number of morpholine rings is 1. The number of ether oxygens (including phenoxy) is 4. The zero-order valence-electron chi connectivity index (χ0n) is 26.3. The van der Waals surface area contributed by atoms with E-state index in [1.165, 1.54) is 24.0 Å². The molecule has 1 heterocycles. The van der Waals surface area contributed by atoms with Gasteiger partial charge in [0.05, 0.1) is 38.4 Å².